The van der Waals surface area contributed by atoms with Crippen molar-refractivity contribution in [1.29, 1.82) is 5.26 Å². The van der Waals surface area contributed by atoms with Crippen molar-refractivity contribution in [2.45, 2.75) is 33.4 Å². The Labute approximate surface area is 289 Å². The summed E-state index contributed by atoms with van der Waals surface area (Å²) in [4.78, 5) is 31.9. The molecule has 0 unspecified atom stereocenters. The maximum absolute atomic E-state index is 14.1. The van der Waals surface area contributed by atoms with E-state index in [1.807, 2.05) is 51.1 Å². The molecule has 0 saturated carbocycles. The minimum Gasteiger partial charge on any atom is -0.490 e. The fourth-order valence-corrected chi connectivity index (χ4v) is 6.79. The number of hydrogen-bond donors (Lipinski definition) is 0. The molecule has 1 aliphatic rings. The first kappa shape index (κ1) is 33.7. The molecule has 47 heavy (non-hydrogen) atoms. The molecule has 242 valence electrons. The smallest absolute Gasteiger partial charge is 0.337 e. The van der Waals surface area contributed by atoms with Gasteiger partial charge in [0.2, 0.25) is 0 Å². The van der Waals surface area contributed by atoms with Crippen LogP contribution in [0, 0.1) is 14.9 Å². The first-order chi connectivity index (χ1) is 22.8. The van der Waals surface area contributed by atoms with Crippen molar-refractivity contribution in [3.8, 4) is 29.1 Å². The number of thiazole rings is 1. The third kappa shape index (κ3) is 7.36. The van der Waals surface area contributed by atoms with Gasteiger partial charge in [0.1, 0.15) is 6.61 Å². The van der Waals surface area contributed by atoms with E-state index < -0.39 is 12.0 Å². The highest BCUT2D eigenvalue weighted by Gasteiger charge is 2.31. The van der Waals surface area contributed by atoms with Crippen molar-refractivity contribution in [2.24, 2.45) is 4.99 Å². The van der Waals surface area contributed by atoms with Crippen molar-refractivity contribution in [2.75, 3.05) is 26.9 Å². The Hall–Kier alpha value is -4.61. The second-order valence-corrected chi connectivity index (χ2v) is 12.3. The zero-order valence-corrected chi connectivity index (χ0v) is 29.2. The van der Waals surface area contributed by atoms with Gasteiger partial charge in [-0.25, -0.2) is 9.79 Å². The predicted octanol–water partition coefficient (Wildman–Crippen LogP) is 5.27. The topological polar surface area (TPSA) is 121 Å². The van der Waals surface area contributed by atoms with Crippen molar-refractivity contribution >= 4 is 46.0 Å². The van der Waals surface area contributed by atoms with Crippen LogP contribution in [0.3, 0.4) is 0 Å². The zero-order chi connectivity index (χ0) is 33.5. The van der Waals surface area contributed by atoms with Gasteiger partial charge < -0.3 is 23.7 Å². The summed E-state index contributed by atoms with van der Waals surface area (Å²) in [6.07, 6.45) is 3.24. The maximum atomic E-state index is 14.1. The average Bonchev–Trinajstić information content (AvgIpc) is 3.39. The molecule has 1 atom stereocenters. The number of halogens is 1. The maximum Gasteiger partial charge on any atom is 0.337 e. The summed E-state index contributed by atoms with van der Waals surface area (Å²) in [6.45, 7) is 7.21. The van der Waals surface area contributed by atoms with Crippen LogP contribution in [0.5, 0.6) is 23.0 Å². The second-order valence-electron chi connectivity index (χ2n) is 10.1. The molecule has 5 rings (SSSR count). The summed E-state index contributed by atoms with van der Waals surface area (Å²) in [5, 5.41) is 9.07. The lowest BCUT2D eigenvalue weighted by atomic mass is 9.97. The number of ether oxygens (including phenoxy) is 5. The number of benzene rings is 3. The number of esters is 1. The van der Waals surface area contributed by atoms with Crippen molar-refractivity contribution < 1.29 is 28.5 Å². The predicted molar refractivity (Wildman–Crippen MR) is 186 cm³/mol. The summed E-state index contributed by atoms with van der Waals surface area (Å²) in [7, 11) is 1.30. The molecule has 4 aromatic rings. The van der Waals surface area contributed by atoms with Gasteiger partial charge in [-0.15, -0.1) is 0 Å². The van der Waals surface area contributed by atoms with Gasteiger partial charge in [-0.1, -0.05) is 29.5 Å². The number of rotatable bonds is 12. The van der Waals surface area contributed by atoms with Gasteiger partial charge in [-0.2, -0.15) is 5.26 Å². The minimum absolute atomic E-state index is 0.218. The van der Waals surface area contributed by atoms with E-state index in [0.717, 1.165) is 14.7 Å². The van der Waals surface area contributed by atoms with E-state index in [2.05, 4.69) is 33.7 Å². The average molecular weight is 766 g/mol. The Morgan fingerprint density at radius 1 is 0.979 bits per heavy atom. The van der Waals surface area contributed by atoms with Crippen LogP contribution < -0.4 is 33.8 Å². The van der Waals surface area contributed by atoms with Crippen molar-refractivity contribution in [3.05, 3.63) is 112 Å². The molecule has 0 fully saturated rings. The van der Waals surface area contributed by atoms with Gasteiger partial charge in [0.25, 0.3) is 5.56 Å². The standard InChI is InChI=1S/C35H32IN3O7S/c1-5-43-27-13-12-24(17-28(27)44-6-2)31-25(34(41)42-4)19-38-35-39(31)33(40)30(47-35)16-23-14-26(36)32(29(15-23)45-7-3)46-20-22-10-8-21(18-37)9-11-22/h8-17,19,31H,5-7,20H2,1-4H3/b30-16+/t31-/m0/s1. The molecule has 1 aliphatic heterocycles. The van der Waals surface area contributed by atoms with Crippen molar-refractivity contribution in [1.82, 2.24) is 4.57 Å². The van der Waals surface area contributed by atoms with E-state index in [1.165, 1.54) is 29.2 Å². The highest BCUT2D eigenvalue weighted by molar-refractivity contribution is 14.1. The number of fused-ring (bicyclic) bond motifs is 1. The molecule has 0 amide bonds. The molecule has 0 spiro atoms. The van der Waals surface area contributed by atoms with Gasteiger partial charge >= 0.3 is 5.97 Å². The third-order valence-corrected chi connectivity index (χ3v) is 8.90. The van der Waals surface area contributed by atoms with E-state index >= 15 is 0 Å². The molecule has 1 aromatic heterocycles. The molecule has 10 nitrogen and oxygen atoms in total. The molecule has 0 N–H and O–H groups in total. The quantitative estimate of drug-likeness (QED) is 0.141. The van der Waals surface area contributed by atoms with E-state index in [9.17, 15) is 9.59 Å². The van der Waals surface area contributed by atoms with E-state index in [1.54, 1.807) is 30.3 Å². The van der Waals surface area contributed by atoms with Crippen LogP contribution >= 0.6 is 33.9 Å². The Balaban J connectivity index is 1.56. The Bertz CT molecular complexity index is 2050. The number of aromatic nitrogens is 1. The molecule has 3 aromatic carbocycles. The number of methoxy groups -OCH3 is 1. The van der Waals surface area contributed by atoms with Crippen LogP contribution in [0.25, 0.3) is 6.08 Å². The Morgan fingerprint density at radius 3 is 2.36 bits per heavy atom. The van der Waals surface area contributed by atoms with Crippen LogP contribution in [0.1, 0.15) is 49.1 Å². The molecular formula is C35H32IN3O7S. The molecule has 0 radical (unpaired) electrons. The molecular weight excluding hydrogens is 733 g/mol. The Morgan fingerprint density at radius 2 is 1.68 bits per heavy atom. The molecule has 0 aliphatic carbocycles. The fourth-order valence-electron chi connectivity index (χ4n) is 5.04. The number of carbonyl (C=O) groups excluding carboxylic acids is 1. The van der Waals surface area contributed by atoms with E-state index in [4.69, 9.17) is 28.9 Å². The van der Waals surface area contributed by atoms with E-state index in [0.29, 0.717) is 69.9 Å². The SMILES string of the molecule is CCOc1ccc([C@H]2C(C(=O)OC)=CN=c3s/c(=C/c4cc(I)c(OCc5ccc(C#N)cc5)c(OCC)c4)c(=O)n32)cc1OCC. The van der Waals surface area contributed by atoms with Crippen LogP contribution in [0.2, 0.25) is 0 Å². The molecule has 12 heteroatoms. The van der Waals surface area contributed by atoms with Crippen LogP contribution in [-0.2, 0) is 16.1 Å². The van der Waals surface area contributed by atoms with Gasteiger partial charge in [-0.05, 0) is 103 Å². The monoisotopic (exact) mass is 765 g/mol. The normalized spacial score (nSPS) is 13.9. The number of hydrogen-bond acceptors (Lipinski definition) is 10. The lowest BCUT2D eigenvalue weighted by Gasteiger charge is -2.23. The molecule has 2 heterocycles. The number of carbonyl (C=O) groups is 1. The highest BCUT2D eigenvalue weighted by Crippen LogP contribution is 2.36. The van der Waals surface area contributed by atoms with Crippen LogP contribution in [0.4, 0.5) is 0 Å². The number of nitriles is 1. The van der Waals surface area contributed by atoms with Gasteiger partial charge in [-0.3, -0.25) is 9.36 Å². The zero-order valence-electron chi connectivity index (χ0n) is 26.2. The van der Waals surface area contributed by atoms with E-state index in [-0.39, 0.29) is 11.1 Å². The second kappa shape index (κ2) is 15.3. The molecule has 0 saturated heterocycles. The van der Waals surface area contributed by atoms with Gasteiger partial charge in [0.15, 0.2) is 27.8 Å². The summed E-state index contributed by atoms with van der Waals surface area (Å²) >= 11 is 3.41. The lowest BCUT2D eigenvalue weighted by molar-refractivity contribution is -0.136. The number of nitrogens with zero attached hydrogens (tertiary/aromatic N) is 3. The van der Waals surface area contributed by atoms with Crippen molar-refractivity contribution in [3.63, 3.8) is 0 Å². The Kier molecular flexibility index (Phi) is 11.0. The third-order valence-electron chi connectivity index (χ3n) is 7.10. The first-order valence-electron chi connectivity index (χ1n) is 14.9. The summed E-state index contributed by atoms with van der Waals surface area (Å²) in [6, 6.07) is 17.6. The van der Waals surface area contributed by atoms with Gasteiger partial charge in [0, 0.05) is 6.20 Å². The summed E-state index contributed by atoms with van der Waals surface area (Å²) in [5.41, 5.74) is 2.78. The van der Waals surface area contributed by atoms with Crippen LogP contribution in [0.15, 0.2) is 76.2 Å². The fraction of sp³-hybridized carbons (Fsp3) is 0.257. The first-order valence-corrected chi connectivity index (χ1v) is 16.8. The van der Waals surface area contributed by atoms with Crippen LogP contribution in [-0.4, -0.2) is 37.5 Å². The summed E-state index contributed by atoms with van der Waals surface area (Å²) < 4.78 is 31.5. The largest absolute Gasteiger partial charge is 0.490 e. The lowest BCUT2D eigenvalue weighted by Crippen LogP contribution is -2.39. The minimum atomic E-state index is -0.798. The summed E-state index contributed by atoms with van der Waals surface area (Å²) in [5.74, 6) is 1.61. The highest BCUT2D eigenvalue weighted by atomic mass is 127. The molecule has 0 bridgehead atoms. The van der Waals surface area contributed by atoms with Gasteiger partial charge in [0.05, 0.1) is 58.3 Å².